The van der Waals surface area contributed by atoms with Gasteiger partial charge in [0.15, 0.2) is 0 Å². The highest BCUT2D eigenvalue weighted by Crippen LogP contribution is 2.39. The van der Waals surface area contributed by atoms with Gasteiger partial charge in [-0.3, -0.25) is 0 Å². The first kappa shape index (κ1) is 19.2. The second-order valence-corrected chi connectivity index (χ2v) is 8.60. The summed E-state index contributed by atoms with van der Waals surface area (Å²) in [7, 11) is 0. The van der Waals surface area contributed by atoms with Crippen molar-refractivity contribution >= 4 is 29.1 Å². The number of nitrogens with zero attached hydrogens (tertiary/aromatic N) is 2. The average molecular weight is 437 g/mol. The third-order valence-corrected chi connectivity index (χ3v) is 6.55. The predicted molar refractivity (Wildman–Crippen MR) is 121 cm³/mol. The lowest BCUT2D eigenvalue weighted by Crippen LogP contribution is -2.29. The fourth-order valence-corrected chi connectivity index (χ4v) is 4.85. The van der Waals surface area contributed by atoms with E-state index >= 15 is 0 Å². The van der Waals surface area contributed by atoms with E-state index in [0.717, 1.165) is 39.7 Å². The summed E-state index contributed by atoms with van der Waals surface area (Å²) in [4.78, 5) is 7.99. The predicted octanol–water partition coefficient (Wildman–Crippen LogP) is 6.91. The van der Waals surface area contributed by atoms with Crippen LogP contribution in [0.25, 0.3) is 22.7 Å². The van der Waals surface area contributed by atoms with Gasteiger partial charge in [0.2, 0.25) is 5.89 Å². The molecule has 1 aromatic heterocycles. The topological polar surface area (TPSA) is 29.3 Å². The molecule has 0 saturated carbocycles. The summed E-state index contributed by atoms with van der Waals surface area (Å²) in [5.74, 6) is 1.23. The average Bonchev–Trinajstić information content (AvgIpc) is 3.27. The van der Waals surface area contributed by atoms with Crippen molar-refractivity contribution in [3.63, 3.8) is 0 Å². The third kappa shape index (κ3) is 3.71. The van der Waals surface area contributed by atoms with E-state index in [2.05, 4.69) is 22.0 Å². The molecule has 1 aliphatic heterocycles. The number of aromatic nitrogens is 1. The SMILES string of the molecule is Fc1cccc(Cl)c1CN1CCSc2ccc(-c3nc(-c4ccccc4)co3)cc21. The van der Waals surface area contributed by atoms with Crippen LogP contribution >= 0.6 is 23.4 Å². The molecule has 0 atom stereocenters. The van der Waals surface area contributed by atoms with E-state index in [-0.39, 0.29) is 5.82 Å². The molecule has 2 heterocycles. The standard InChI is InChI=1S/C24H18ClFN2OS/c25-19-7-4-8-20(26)18(19)14-28-11-12-30-23-10-9-17(13-22(23)28)24-27-21(15-29-24)16-5-2-1-3-6-16/h1-10,13,15H,11-12,14H2. The molecule has 3 aromatic carbocycles. The van der Waals surface area contributed by atoms with Gasteiger partial charge in [0.05, 0.1) is 5.69 Å². The molecule has 0 N–H and O–H groups in total. The maximum Gasteiger partial charge on any atom is 0.226 e. The molecule has 3 nitrogen and oxygen atoms in total. The highest BCUT2D eigenvalue weighted by Gasteiger charge is 2.21. The van der Waals surface area contributed by atoms with Gasteiger partial charge in [0, 0.05) is 45.5 Å². The molecule has 0 aliphatic carbocycles. The smallest absolute Gasteiger partial charge is 0.226 e. The number of hydrogen-bond donors (Lipinski definition) is 0. The van der Waals surface area contributed by atoms with E-state index in [9.17, 15) is 4.39 Å². The number of fused-ring (bicyclic) bond motifs is 1. The molecule has 150 valence electrons. The Balaban J connectivity index is 1.48. The molecular weight excluding hydrogens is 419 g/mol. The lowest BCUT2D eigenvalue weighted by molar-refractivity contribution is 0.575. The van der Waals surface area contributed by atoms with Crippen LogP contribution in [0.3, 0.4) is 0 Å². The number of oxazole rings is 1. The Morgan fingerprint density at radius 2 is 1.90 bits per heavy atom. The molecule has 30 heavy (non-hydrogen) atoms. The Kier molecular flexibility index (Phi) is 5.23. The van der Waals surface area contributed by atoms with Gasteiger partial charge in [-0.1, -0.05) is 48.0 Å². The number of halogens is 2. The highest BCUT2D eigenvalue weighted by atomic mass is 35.5. The Labute approximate surface area is 183 Å². The molecule has 0 unspecified atom stereocenters. The van der Waals surface area contributed by atoms with E-state index in [1.165, 1.54) is 6.07 Å². The van der Waals surface area contributed by atoms with E-state index in [1.807, 2.05) is 36.4 Å². The summed E-state index contributed by atoms with van der Waals surface area (Å²) in [6, 6.07) is 20.9. The van der Waals surface area contributed by atoms with E-state index in [4.69, 9.17) is 16.0 Å². The van der Waals surface area contributed by atoms with Gasteiger partial charge in [0.1, 0.15) is 17.8 Å². The van der Waals surface area contributed by atoms with E-state index in [0.29, 0.717) is 23.0 Å². The molecule has 0 saturated heterocycles. The van der Waals surface area contributed by atoms with Gasteiger partial charge in [-0.2, -0.15) is 0 Å². The van der Waals surface area contributed by atoms with Crippen LogP contribution in [-0.2, 0) is 6.54 Å². The first-order valence-electron chi connectivity index (χ1n) is 9.65. The Hall–Kier alpha value is -2.76. The Morgan fingerprint density at radius 3 is 2.73 bits per heavy atom. The van der Waals surface area contributed by atoms with Crippen LogP contribution in [0.2, 0.25) is 5.02 Å². The summed E-state index contributed by atoms with van der Waals surface area (Å²) in [5, 5.41) is 0.450. The number of thioether (sulfide) groups is 1. The van der Waals surface area contributed by atoms with Crippen molar-refractivity contribution in [3.8, 4) is 22.7 Å². The van der Waals surface area contributed by atoms with Crippen molar-refractivity contribution in [1.82, 2.24) is 4.98 Å². The quantitative estimate of drug-likeness (QED) is 0.347. The summed E-state index contributed by atoms with van der Waals surface area (Å²) < 4.78 is 20.1. The molecular formula is C24H18ClFN2OS. The van der Waals surface area contributed by atoms with Crippen molar-refractivity contribution in [2.24, 2.45) is 0 Å². The maximum atomic E-state index is 14.3. The van der Waals surface area contributed by atoms with Crippen LogP contribution in [0.15, 0.2) is 82.3 Å². The molecule has 5 rings (SSSR count). The first-order chi connectivity index (χ1) is 14.7. The summed E-state index contributed by atoms with van der Waals surface area (Å²) in [5.41, 5.74) is 4.26. The van der Waals surface area contributed by atoms with Crippen LogP contribution in [0.4, 0.5) is 10.1 Å². The number of rotatable bonds is 4. The molecule has 0 fully saturated rings. The fourth-order valence-electron chi connectivity index (χ4n) is 3.59. The van der Waals surface area contributed by atoms with Crippen LogP contribution in [0.1, 0.15) is 5.56 Å². The monoisotopic (exact) mass is 436 g/mol. The maximum absolute atomic E-state index is 14.3. The number of anilines is 1. The minimum Gasteiger partial charge on any atom is -0.444 e. The van der Waals surface area contributed by atoms with Gasteiger partial charge >= 0.3 is 0 Å². The summed E-state index contributed by atoms with van der Waals surface area (Å²) >= 11 is 8.07. The third-order valence-electron chi connectivity index (χ3n) is 5.15. The molecule has 4 aromatic rings. The minimum absolute atomic E-state index is 0.279. The van der Waals surface area contributed by atoms with E-state index in [1.54, 1.807) is 30.2 Å². The van der Waals surface area contributed by atoms with Crippen molar-refractivity contribution in [2.45, 2.75) is 11.4 Å². The highest BCUT2D eigenvalue weighted by molar-refractivity contribution is 7.99. The second kappa shape index (κ2) is 8.17. The Morgan fingerprint density at radius 1 is 1.03 bits per heavy atom. The van der Waals surface area contributed by atoms with Gasteiger partial charge in [0.25, 0.3) is 0 Å². The van der Waals surface area contributed by atoms with Crippen molar-refractivity contribution < 1.29 is 8.81 Å². The Bertz CT molecular complexity index is 1170. The van der Waals surface area contributed by atoms with Crippen molar-refractivity contribution in [3.05, 3.63) is 89.4 Å². The largest absolute Gasteiger partial charge is 0.444 e. The first-order valence-corrected chi connectivity index (χ1v) is 11.0. The lowest BCUT2D eigenvalue weighted by atomic mass is 10.1. The molecule has 1 aliphatic rings. The zero-order chi connectivity index (χ0) is 20.5. The molecule has 0 spiro atoms. The van der Waals surface area contributed by atoms with Gasteiger partial charge in [-0.05, 0) is 30.3 Å². The van der Waals surface area contributed by atoms with Crippen LogP contribution in [0, 0.1) is 5.82 Å². The molecule has 0 amide bonds. The zero-order valence-electron chi connectivity index (χ0n) is 16.0. The minimum atomic E-state index is -0.279. The van der Waals surface area contributed by atoms with Crippen molar-refractivity contribution in [2.75, 3.05) is 17.2 Å². The molecule has 6 heteroatoms. The molecule has 0 radical (unpaired) electrons. The fraction of sp³-hybridized carbons (Fsp3) is 0.125. The molecule has 0 bridgehead atoms. The summed E-state index contributed by atoms with van der Waals surface area (Å²) in [6.07, 6.45) is 1.68. The zero-order valence-corrected chi connectivity index (χ0v) is 17.6. The lowest BCUT2D eigenvalue weighted by Gasteiger charge is -2.31. The van der Waals surface area contributed by atoms with E-state index < -0.39 is 0 Å². The number of benzene rings is 3. The van der Waals surface area contributed by atoms with Gasteiger partial charge in [-0.15, -0.1) is 11.8 Å². The summed E-state index contributed by atoms with van der Waals surface area (Å²) in [6.45, 7) is 1.23. The van der Waals surface area contributed by atoms with Gasteiger partial charge in [-0.25, -0.2) is 9.37 Å². The van der Waals surface area contributed by atoms with Crippen LogP contribution in [0.5, 0.6) is 0 Å². The van der Waals surface area contributed by atoms with Crippen LogP contribution < -0.4 is 4.90 Å². The van der Waals surface area contributed by atoms with Gasteiger partial charge < -0.3 is 9.32 Å². The number of hydrogen-bond acceptors (Lipinski definition) is 4. The normalized spacial score (nSPS) is 13.3. The van der Waals surface area contributed by atoms with Crippen molar-refractivity contribution in [1.29, 1.82) is 0 Å². The van der Waals surface area contributed by atoms with Crippen LogP contribution in [-0.4, -0.2) is 17.3 Å². The second-order valence-electron chi connectivity index (χ2n) is 7.06.